The summed E-state index contributed by atoms with van der Waals surface area (Å²) in [4.78, 5) is 1.84. The molecule has 4 rings (SSSR count). The van der Waals surface area contributed by atoms with Crippen LogP contribution in [0.4, 0.5) is 32.0 Å². The van der Waals surface area contributed by atoms with Crippen LogP contribution in [0.15, 0.2) is 78.9 Å². The summed E-state index contributed by atoms with van der Waals surface area (Å²) in [5.41, 5.74) is -2.40. The summed E-state index contributed by atoms with van der Waals surface area (Å²) < 4.78 is 87.9. The van der Waals surface area contributed by atoms with Gasteiger partial charge in [0, 0.05) is 12.2 Å². The Bertz CT molecular complexity index is 1250. The number of likely N-dealkylation sites (tertiary alicyclic amines) is 1. The van der Waals surface area contributed by atoms with E-state index in [1.54, 1.807) is 0 Å². The maximum absolute atomic E-state index is 13.5. The highest BCUT2D eigenvalue weighted by molar-refractivity contribution is 7.80. The fourth-order valence-electron chi connectivity index (χ4n) is 5.25. The number of hydrogen-bond donors (Lipinski definition) is 1. The Morgan fingerprint density at radius 3 is 1.70 bits per heavy atom. The van der Waals surface area contributed by atoms with E-state index >= 15 is 0 Å². The molecule has 0 aromatic heterocycles. The second-order valence-corrected chi connectivity index (χ2v) is 15.6. The molecule has 1 aliphatic rings. The van der Waals surface area contributed by atoms with Crippen molar-refractivity contribution in [3.63, 3.8) is 0 Å². The SMILES string of the molecule is C[Si](C)(C)OC(c1ccccc1)(c1ccccc1)[C@@H]1CCCN1C(=S)Nc1cc(C(F)(F)F)cc(C(F)(F)F)c1. The number of halogens is 6. The Hall–Kier alpha value is -2.89. The summed E-state index contributed by atoms with van der Waals surface area (Å²) >= 11 is 5.66. The molecule has 1 aliphatic heterocycles. The van der Waals surface area contributed by atoms with Crippen LogP contribution in [0.5, 0.6) is 0 Å². The van der Waals surface area contributed by atoms with E-state index < -0.39 is 37.4 Å². The number of alkyl halides is 6. The smallest absolute Gasteiger partial charge is 0.402 e. The number of rotatable bonds is 6. The van der Waals surface area contributed by atoms with Gasteiger partial charge >= 0.3 is 12.4 Å². The molecule has 0 aliphatic carbocycles. The summed E-state index contributed by atoms with van der Waals surface area (Å²) in [6.45, 7) is 6.68. The van der Waals surface area contributed by atoms with Gasteiger partial charge in [-0.15, -0.1) is 0 Å². The summed E-state index contributed by atoms with van der Waals surface area (Å²) in [7, 11) is -2.26. The van der Waals surface area contributed by atoms with Gasteiger partial charge in [-0.1, -0.05) is 60.7 Å². The van der Waals surface area contributed by atoms with Crippen molar-refractivity contribution < 1.29 is 30.8 Å². The standard InChI is InChI=1S/C29H30F6N2OSSi/c1-40(2,3)38-27(20-11-6-4-7-12-20,21-13-8-5-9-14-21)25-15-10-16-37(25)26(39)36-24-18-22(28(30,31)32)17-23(19-24)29(33,34)35/h4-9,11-14,17-19,25H,10,15-16H2,1-3H3,(H,36,39)/t25-/m0/s1. The summed E-state index contributed by atoms with van der Waals surface area (Å²) in [6.07, 6.45) is -8.57. The molecule has 1 heterocycles. The van der Waals surface area contributed by atoms with E-state index in [2.05, 4.69) is 25.0 Å². The minimum Gasteiger partial charge on any atom is -0.402 e. The molecule has 11 heteroatoms. The highest BCUT2D eigenvalue weighted by Gasteiger charge is 2.50. The Morgan fingerprint density at radius 1 is 0.800 bits per heavy atom. The molecule has 0 unspecified atom stereocenters. The molecule has 3 nitrogen and oxygen atoms in total. The van der Waals surface area contributed by atoms with Crippen LogP contribution in [-0.4, -0.2) is 30.9 Å². The third-order valence-corrected chi connectivity index (χ3v) is 7.97. The van der Waals surface area contributed by atoms with Gasteiger partial charge in [-0.25, -0.2) is 0 Å². The third kappa shape index (κ3) is 6.53. The van der Waals surface area contributed by atoms with Crippen LogP contribution in [0.25, 0.3) is 0 Å². The average molecular weight is 597 g/mol. The van der Waals surface area contributed by atoms with Crippen molar-refractivity contribution in [3.8, 4) is 0 Å². The molecule has 0 amide bonds. The number of hydrogen-bond acceptors (Lipinski definition) is 2. The number of nitrogens with one attached hydrogen (secondary N) is 1. The maximum atomic E-state index is 13.5. The summed E-state index contributed by atoms with van der Waals surface area (Å²) in [6, 6.07) is 20.4. The predicted octanol–water partition coefficient (Wildman–Crippen LogP) is 8.68. The largest absolute Gasteiger partial charge is 0.416 e. The first kappa shape index (κ1) is 30.1. The zero-order chi connectivity index (χ0) is 29.3. The van der Waals surface area contributed by atoms with Crippen LogP contribution in [0, 0.1) is 0 Å². The van der Waals surface area contributed by atoms with Crippen LogP contribution < -0.4 is 5.32 Å². The number of nitrogens with zero attached hydrogens (tertiary/aromatic N) is 1. The first-order valence-electron chi connectivity index (χ1n) is 12.8. The second kappa shape index (κ2) is 11.2. The molecule has 0 radical (unpaired) electrons. The number of thiocarbonyl (C=S) groups is 1. The van der Waals surface area contributed by atoms with E-state index in [0.717, 1.165) is 11.1 Å². The van der Waals surface area contributed by atoms with Gasteiger partial charge in [0.1, 0.15) is 5.60 Å². The highest BCUT2D eigenvalue weighted by atomic mass is 32.1. The Kier molecular flexibility index (Phi) is 8.40. The minimum absolute atomic E-state index is 0.0327. The molecule has 1 atom stereocenters. The van der Waals surface area contributed by atoms with Crippen LogP contribution in [0.3, 0.4) is 0 Å². The molecule has 3 aromatic carbocycles. The van der Waals surface area contributed by atoms with Gasteiger partial charge in [0.15, 0.2) is 13.4 Å². The van der Waals surface area contributed by atoms with Gasteiger partial charge in [0.2, 0.25) is 0 Å². The van der Waals surface area contributed by atoms with E-state index in [0.29, 0.717) is 31.5 Å². The molecule has 3 aromatic rings. The van der Waals surface area contributed by atoms with Crippen molar-refractivity contribution in [1.29, 1.82) is 0 Å². The number of anilines is 1. The van der Waals surface area contributed by atoms with E-state index in [4.69, 9.17) is 16.6 Å². The van der Waals surface area contributed by atoms with Gasteiger partial charge in [-0.3, -0.25) is 0 Å². The lowest BCUT2D eigenvalue weighted by atomic mass is 9.79. The van der Waals surface area contributed by atoms with E-state index in [1.807, 2.05) is 65.6 Å². The Labute approximate surface area is 236 Å². The monoisotopic (exact) mass is 596 g/mol. The topological polar surface area (TPSA) is 24.5 Å². The number of benzene rings is 3. The van der Waals surface area contributed by atoms with E-state index in [1.165, 1.54) is 0 Å². The summed E-state index contributed by atoms with van der Waals surface area (Å²) in [5, 5.41) is 2.72. The molecule has 1 fully saturated rings. The molecule has 214 valence electrons. The minimum atomic E-state index is -4.96. The zero-order valence-corrected chi connectivity index (χ0v) is 24.1. The molecular formula is C29H30F6N2OSSi. The van der Waals surface area contributed by atoms with Crippen molar-refractivity contribution in [2.24, 2.45) is 0 Å². The van der Waals surface area contributed by atoms with Crippen LogP contribution in [-0.2, 0) is 22.4 Å². The van der Waals surface area contributed by atoms with Crippen molar-refractivity contribution in [1.82, 2.24) is 4.90 Å². The maximum Gasteiger partial charge on any atom is 0.416 e. The van der Waals surface area contributed by atoms with Crippen molar-refractivity contribution in [2.45, 2.75) is 56.5 Å². The quantitative estimate of drug-likeness (QED) is 0.175. The lowest BCUT2D eigenvalue weighted by molar-refractivity contribution is -0.143. The van der Waals surface area contributed by atoms with Crippen molar-refractivity contribution in [3.05, 3.63) is 101 Å². The van der Waals surface area contributed by atoms with Crippen LogP contribution >= 0.6 is 12.2 Å². The van der Waals surface area contributed by atoms with Crippen LogP contribution in [0.1, 0.15) is 35.1 Å². The molecule has 0 saturated carbocycles. The fraction of sp³-hybridized carbons (Fsp3) is 0.345. The van der Waals surface area contributed by atoms with Gasteiger partial charge in [0.25, 0.3) is 0 Å². The molecule has 0 bridgehead atoms. The van der Waals surface area contributed by atoms with E-state index in [9.17, 15) is 26.3 Å². The highest BCUT2D eigenvalue weighted by Crippen LogP contribution is 2.46. The van der Waals surface area contributed by atoms with E-state index in [-0.39, 0.29) is 22.9 Å². The molecule has 40 heavy (non-hydrogen) atoms. The van der Waals surface area contributed by atoms with Crippen LogP contribution in [0.2, 0.25) is 19.6 Å². The Morgan fingerprint density at radius 2 is 1.27 bits per heavy atom. The third-order valence-electron chi connectivity index (χ3n) is 6.69. The molecule has 1 N–H and O–H groups in total. The normalized spacial score (nSPS) is 16.7. The van der Waals surface area contributed by atoms with Crippen molar-refractivity contribution >= 4 is 31.3 Å². The Balaban J connectivity index is 1.80. The fourth-order valence-corrected chi connectivity index (χ4v) is 6.92. The lowest BCUT2D eigenvalue weighted by Gasteiger charge is -2.47. The lowest BCUT2D eigenvalue weighted by Crippen LogP contribution is -2.56. The van der Waals surface area contributed by atoms with Gasteiger partial charge in [0.05, 0.1) is 17.2 Å². The molecule has 0 spiro atoms. The first-order chi connectivity index (χ1) is 18.6. The van der Waals surface area contributed by atoms with Gasteiger partial charge in [-0.05, 0) is 74.0 Å². The average Bonchev–Trinajstić information content (AvgIpc) is 3.37. The second-order valence-electron chi connectivity index (χ2n) is 10.8. The molecule has 1 saturated heterocycles. The van der Waals surface area contributed by atoms with Crippen molar-refractivity contribution in [2.75, 3.05) is 11.9 Å². The van der Waals surface area contributed by atoms with Gasteiger partial charge < -0.3 is 14.6 Å². The zero-order valence-electron chi connectivity index (χ0n) is 22.2. The first-order valence-corrected chi connectivity index (χ1v) is 16.6. The predicted molar refractivity (Wildman–Crippen MR) is 150 cm³/mol. The van der Waals surface area contributed by atoms with Gasteiger partial charge in [-0.2, -0.15) is 26.3 Å². The molecular weight excluding hydrogens is 566 g/mol. The summed E-state index contributed by atoms with van der Waals surface area (Å²) in [5.74, 6) is 0.